The molecule has 0 spiro atoms. The zero-order valence-electron chi connectivity index (χ0n) is 14.4. The second-order valence-electron chi connectivity index (χ2n) is 7.15. The number of piperidine rings is 1. The molecule has 126 valence electrons. The van der Waals surface area contributed by atoms with Crippen LogP contribution in [0.2, 0.25) is 0 Å². The molecule has 2 fully saturated rings. The molecule has 0 bridgehead atoms. The molecule has 23 heavy (non-hydrogen) atoms. The second-order valence-corrected chi connectivity index (χ2v) is 7.15. The Labute approximate surface area is 140 Å². The maximum Gasteiger partial charge on any atom is 0.223 e. The maximum atomic E-state index is 12.7. The van der Waals surface area contributed by atoms with E-state index in [0.717, 1.165) is 44.8 Å². The minimum absolute atomic E-state index is 0.366. The van der Waals surface area contributed by atoms with Crippen LogP contribution >= 0.6 is 0 Å². The number of amides is 1. The van der Waals surface area contributed by atoms with Gasteiger partial charge in [-0.15, -0.1) is 0 Å². The number of hydrogen-bond donors (Lipinski definition) is 1. The second kappa shape index (κ2) is 7.96. The van der Waals surface area contributed by atoms with Gasteiger partial charge in [-0.2, -0.15) is 0 Å². The first-order chi connectivity index (χ1) is 11.3. The fourth-order valence-corrected chi connectivity index (χ4v) is 3.53. The summed E-state index contributed by atoms with van der Waals surface area (Å²) in [5.41, 5.74) is 2.63. The van der Waals surface area contributed by atoms with Crippen molar-refractivity contribution in [2.75, 3.05) is 13.1 Å². The number of benzene rings is 1. The van der Waals surface area contributed by atoms with Gasteiger partial charge in [-0.1, -0.05) is 31.2 Å². The minimum Gasteiger partial charge on any atom is -0.335 e. The highest BCUT2D eigenvalue weighted by Gasteiger charge is 2.32. The summed E-state index contributed by atoms with van der Waals surface area (Å²) >= 11 is 0. The molecule has 1 aliphatic heterocycles. The summed E-state index contributed by atoms with van der Waals surface area (Å²) in [6, 6.07) is 9.27. The molecule has 1 aromatic rings. The van der Waals surface area contributed by atoms with Crippen molar-refractivity contribution in [2.24, 2.45) is 5.92 Å². The van der Waals surface area contributed by atoms with Crippen LogP contribution in [-0.4, -0.2) is 29.9 Å². The molecule has 3 nitrogen and oxygen atoms in total. The summed E-state index contributed by atoms with van der Waals surface area (Å²) in [5.74, 6) is 1.11. The Morgan fingerprint density at radius 1 is 1.09 bits per heavy atom. The number of nitrogens with zero attached hydrogens (tertiary/aromatic N) is 1. The molecule has 1 aromatic carbocycles. The van der Waals surface area contributed by atoms with Crippen molar-refractivity contribution in [1.29, 1.82) is 0 Å². The van der Waals surface area contributed by atoms with Gasteiger partial charge in [-0.3, -0.25) is 4.79 Å². The number of aryl methyl sites for hydroxylation is 1. The van der Waals surface area contributed by atoms with Gasteiger partial charge in [0.05, 0.1) is 0 Å². The first-order valence-corrected chi connectivity index (χ1v) is 9.34. The molecule has 0 aromatic heterocycles. The Bertz CT molecular complexity index is 501. The fourth-order valence-electron chi connectivity index (χ4n) is 3.53. The van der Waals surface area contributed by atoms with Crippen molar-refractivity contribution in [2.45, 2.75) is 64.5 Å². The average Bonchev–Trinajstić information content (AvgIpc) is 3.44. The molecule has 3 rings (SSSR count). The number of nitrogens with one attached hydrogen (secondary N) is 1. The lowest BCUT2D eigenvalue weighted by Crippen LogP contribution is -2.33. The first-order valence-electron chi connectivity index (χ1n) is 9.34. The number of carbonyl (C=O) groups excluding carboxylic acids is 1. The SMILES string of the molecule is CCc1ccc(CN(C(=O)CCC2CCNCC2)C2CC2)cc1. The van der Waals surface area contributed by atoms with Gasteiger partial charge in [0, 0.05) is 19.0 Å². The Morgan fingerprint density at radius 2 is 1.74 bits per heavy atom. The molecule has 1 heterocycles. The largest absolute Gasteiger partial charge is 0.335 e. The van der Waals surface area contributed by atoms with Gasteiger partial charge in [-0.05, 0) is 68.7 Å². The third-order valence-electron chi connectivity index (χ3n) is 5.32. The van der Waals surface area contributed by atoms with Gasteiger partial charge in [-0.25, -0.2) is 0 Å². The van der Waals surface area contributed by atoms with E-state index in [1.54, 1.807) is 0 Å². The molecule has 0 atom stereocenters. The molecule has 3 heteroatoms. The normalized spacial score (nSPS) is 18.8. The van der Waals surface area contributed by atoms with Crippen molar-refractivity contribution in [3.05, 3.63) is 35.4 Å². The van der Waals surface area contributed by atoms with Crippen molar-refractivity contribution in [1.82, 2.24) is 10.2 Å². The number of carbonyl (C=O) groups is 1. The lowest BCUT2D eigenvalue weighted by molar-refractivity contribution is -0.132. The molecule has 0 unspecified atom stereocenters. The van der Waals surface area contributed by atoms with Crippen LogP contribution in [0, 0.1) is 5.92 Å². The lowest BCUT2D eigenvalue weighted by Gasteiger charge is -2.26. The van der Waals surface area contributed by atoms with Gasteiger partial charge in [0.25, 0.3) is 0 Å². The molecule has 1 N–H and O–H groups in total. The van der Waals surface area contributed by atoms with Crippen molar-refractivity contribution in [3.63, 3.8) is 0 Å². The van der Waals surface area contributed by atoms with Crippen LogP contribution < -0.4 is 5.32 Å². The third kappa shape index (κ3) is 4.81. The zero-order chi connectivity index (χ0) is 16.1. The molecule has 1 saturated carbocycles. The summed E-state index contributed by atoms with van der Waals surface area (Å²) in [5, 5.41) is 3.40. The molecule has 1 saturated heterocycles. The summed E-state index contributed by atoms with van der Waals surface area (Å²) in [6.45, 7) is 5.21. The Balaban J connectivity index is 1.53. The predicted octanol–water partition coefficient (Wildman–Crippen LogP) is 3.52. The predicted molar refractivity (Wildman–Crippen MR) is 94.2 cm³/mol. The number of hydrogen-bond acceptors (Lipinski definition) is 2. The van der Waals surface area contributed by atoms with Crippen LogP contribution in [-0.2, 0) is 17.8 Å². The highest BCUT2D eigenvalue weighted by Crippen LogP contribution is 2.30. The van der Waals surface area contributed by atoms with Gasteiger partial charge < -0.3 is 10.2 Å². The molecular formula is C20H30N2O. The van der Waals surface area contributed by atoms with Crippen molar-refractivity contribution in [3.8, 4) is 0 Å². The molecular weight excluding hydrogens is 284 g/mol. The van der Waals surface area contributed by atoms with Crippen molar-refractivity contribution >= 4 is 5.91 Å². The lowest BCUT2D eigenvalue weighted by atomic mass is 9.93. The number of rotatable bonds is 7. The molecule has 1 amide bonds. The van der Waals surface area contributed by atoms with E-state index in [2.05, 4.69) is 41.4 Å². The fraction of sp³-hybridized carbons (Fsp3) is 0.650. The van der Waals surface area contributed by atoms with Gasteiger partial charge in [0.2, 0.25) is 5.91 Å². The highest BCUT2D eigenvalue weighted by atomic mass is 16.2. The minimum atomic E-state index is 0.366. The summed E-state index contributed by atoms with van der Waals surface area (Å²) in [6.07, 6.45) is 7.71. The highest BCUT2D eigenvalue weighted by molar-refractivity contribution is 5.76. The van der Waals surface area contributed by atoms with E-state index in [1.807, 2.05) is 0 Å². The van der Waals surface area contributed by atoms with Gasteiger partial charge in [0.1, 0.15) is 0 Å². The van der Waals surface area contributed by atoms with Crippen LogP contribution in [0.4, 0.5) is 0 Å². The van der Waals surface area contributed by atoms with E-state index in [-0.39, 0.29) is 0 Å². The zero-order valence-corrected chi connectivity index (χ0v) is 14.4. The van der Waals surface area contributed by atoms with E-state index < -0.39 is 0 Å². The van der Waals surface area contributed by atoms with Crippen LogP contribution in [0.25, 0.3) is 0 Å². The average molecular weight is 314 g/mol. The monoisotopic (exact) mass is 314 g/mol. The van der Waals surface area contributed by atoms with Crippen LogP contribution in [0.15, 0.2) is 24.3 Å². The third-order valence-corrected chi connectivity index (χ3v) is 5.32. The van der Waals surface area contributed by atoms with E-state index in [4.69, 9.17) is 0 Å². The van der Waals surface area contributed by atoms with Crippen LogP contribution in [0.1, 0.15) is 56.6 Å². The maximum absolute atomic E-state index is 12.7. The standard InChI is InChI=1S/C20H30N2O/c1-2-16-3-5-18(6-4-16)15-22(19-8-9-19)20(23)10-7-17-11-13-21-14-12-17/h3-6,17,19,21H,2,7-15H2,1H3. The summed E-state index contributed by atoms with van der Waals surface area (Å²) < 4.78 is 0. The Kier molecular flexibility index (Phi) is 5.71. The van der Waals surface area contributed by atoms with E-state index in [0.29, 0.717) is 11.9 Å². The Hall–Kier alpha value is -1.35. The Morgan fingerprint density at radius 3 is 2.35 bits per heavy atom. The smallest absolute Gasteiger partial charge is 0.223 e. The van der Waals surface area contributed by atoms with Gasteiger partial charge in [0.15, 0.2) is 0 Å². The van der Waals surface area contributed by atoms with Crippen LogP contribution in [0.3, 0.4) is 0 Å². The quantitative estimate of drug-likeness (QED) is 0.835. The van der Waals surface area contributed by atoms with E-state index in [9.17, 15) is 4.79 Å². The van der Waals surface area contributed by atoms with E-state index in [1.165, 1.54) is 36.8 Å². The molecule has 0 radical (unpaired) electrons. The first kappa shape index (κ1) is 16.5. The summed E-state index contributed by atoms with van der Waals surface area (Å²) in [4.78, 5) is 14.8. The molecule has 2 aliphatic rings. The summed E-state index contributed by atoms with van der Waals surface area (Å²) in [7, 11) is 0. The topological polar surface area (TPSA) is 32.3 Å². The van der Waals surface area contributed by atoms with E-state index >= 15 is 0 Å². The van der Waals surface area contributed by atoms with Gasteiger partial charge >= 0.3 is 0 Å². The van der Waals surface area contributed by atoms with Crippen molar-refractivity contribution < 1.29 is 4.79 Å². The van der Waals surface area contributed by atoms with Crippen LogP contribution in [0.5, 0.6) is 0 Å². The molecule has 1 aliphatic carbocycles.